The third-order valence-electron chi connectivity index (χ3n) is 5.58. The molecule has 1 aliphatic rings. The molecule has 9 heteroatoms. The van der Waals surface area contributed by atoms with Crippen LogP contribution in [0.25, 0.3) is 10.9 Å². The largest absolute Gasteiger partial charge is 0.493 e. The van der Waals surface area contributed by atoms with Crippen molar-refractivity contribution < 1.29 is 19.0 Å². The normalized spacial score (nSPS) is 14.1. The second kappa shape index (κ2) is 11.1. The van der Waals surface area contributed by atoms with Gasteiger partial charge in [0.25, 0.3) is 5.91 Å². The lowest BCUT2D eigenvalue weighted by Gasteiger charge is -2.35. The molecule has 0 spiro atoms. The number of benzene rings is 2. The molecule has 0 unspecified atom stereocenters. The van der Waals surface area contributed by atoms with Crippen LogP contribution in [0, 0.1) is 0 Å². The molecule has 3 aromatic rings. The Morgan fingerprint density at radius 1 is 1.11 bits per heavy atom. The fraction of sp³-hybridized carbons (Fsp3) is 0.346. The third-order valence-corrected chi connectivity index (χ3v) is 5.58. The Morgan fingerprint density at radius 3 is 2.51 bits per heavy atom. The predicted octanol–water partition coefficient (Wildman–Crippen LogP) is 3.46. The van der Waals surface area contributed by atoms with Gasteiger partial charge in [0.05, 0.1) is 18.7 Å². The highest BCUT2D eigenvalue weighted by Gasteiger charge is 2.22. The van der Waals surface area contributed by atoms with E-state index in [1.165, 1.54) is 0 Å². The number of anilines is 1. The van der Waals surface area contributed by atoms with Gasteiger partial charge in [0, 0.05) is 43.2 Å². The Morgan fingerprint density at radius 2 is 1.86 bits per heavy atom. The van der Waals surface area contributed by atoms with Gasteiger partial charge in [-0.25, -0.2) is 15.0 Å². The first kappa shape index (κ1) is 24.3. The maximum Gasteiger partial charge on any atom is 0.265 e. The van der Waals surface area contributed by atoms with Crippen LogP contribution in [0.5, 0.6) is 17.2 Å². The summed E-state index contributed by atoms with van der Waals surface area (Å²) in [6, 6.07) is 10.9. The van der Waals surface area contributed by atoms with Crippen molar-refractivity contribution in [3.63, 3.8) is 0 Å². The van der Waals surface area contributed by atoms with Crippen LogP contribution in [0.15, 0.2) is 55.4 Å². The minimum Gasteiger partial charge on any atom is -0.493 e. The maximum absolute atomic E-state index is 12.7. The molecule has 35 heavy (non-hydrogen) atoms. The summed E-state index contributed by atoms with van der Waals surface area (Å²) in [6.45, 7) is 10.7. The lowest BCUT2D eigenvalue weighted by atomic mass is 10.2. The predicted molar refractivity (Wildman–Crippen MR) is 135 cm³/mol. The molecule has 1 N–H and O–H groups in total. The quantitative estimate of drug-likeness (QED) is 0.469. The molecular weight excluding hydrogens is 446 g/mol. The summed E-state index contributed by atoms with van der Waals surface area (Å²) in [4.78, 5) is 23.8. The van der Waals surface area contributed by atoms with Crippen LogP contribution < -0.4 is 24.5 Å². The number of amides is 1. The average Bonchev–Trinajstić information content (AvgIpc) is 2.87. The standard InChI is InChI=1S/C26H31N5O4/c1-5-14-34-24-16-22-21(15-23(24)33-4)25(28-17-27-22)30-10-12-31(13-11-30)29-26(32)19-6-8-20(9-7-19)35-18(2)3/h5-9,15-18H,1,10-14H2,2-4H3,(H,29,32). The Bertz CT molecular complexity index is 1170. The number of hydrazine groups is 1. The van der Waals surface area contributed by atoms with Crippen molar-refractivity contribution in [1.29, 1.82) is 0 Å². The first-order valence-electron chi connectivity index (χ1n) is 11.6. The number of fused-ring (bicyclic) bond motifs is 1. The Balaban J connectivity index is 1.41. The molecule has 1 aliphatic heterocycles. The van der Waals surface area contributed by atoms with E-state index in [9.17, 15) is 4.79 Å². The number of ether oxygens (including phenoxy) is 3. The van der Waals surface area contributed by atoms with E-state index in [1.807, 2.05) is 43.1 Å². The number of hydrogen-bond acceptors (Lipinski definition) is 8. The molecular formula is C26H31N5O4. The zero-order valence-electron chi connectivity index (χ0n) is 20.4. The first-order chi connectivity index (χ1) is 17.0. The highest BCUT2D eigenvalue weighted by atomic mass is 16.5. The molecule has 0 atom stereocenters. The smallest absolute Gasteiger partial charge is 0.265 e. The van der Waals surface area contributed by atoms with E-state index in [2.05, 4.69) is 26.9 Å². The lowest BCUT2D eigenvalue weighted by molar-refractivity contribution is 0.0777. The van der Waals surface area contributed by atoms with Gasteiger partial charge in [-0.2, -0.15) is 0 Å². The van der Waals surface area contributed by atoms with Crippen molar-refractivity contribution in [2.45, 2.75) is 20.0 Å². The average molecular weight is 478 g/mol. The number of nitrogens with one attached hydrogen (secondary N) is 1. The molecule has 0 saturated carbocycles. The summed E-state index contributed by atoms with van der Waals surface area (Å²) in [5.74, 6) is 2.67. The van der Waals surface area contributed by atoms with E-state index in [0.29, 0.717) is 49.8 Å². The van der Waals surface area contributed by atoms with E-state index in [-0.39, 0.29) is 12.0 Å². The molecule has 1 aromatic heterocycles. The molecule has 0 aliphatic carbocycles. The van der Waals surface area contributed by atoms with Crippen LogP contribution in [0.1, 0.15) is 24.2 Å². The molecule has 1 saturated heterocycles. The van der Waals surface area contributed by atoms with Crippen LogP contribution in [-0.2, 0) is 0 Å². The third kappa shape index (κ3) is 5.81. The summed E-state index contributed by atoms with van der Waals surface area (Å²) in [5, 5.41) is 2.82. The molecule has 2 aromatic carbocycles. The van der Waals surface area contributed by atoms with E-state index >= 15 is 0 Å². The fourth-order valence-corrected chi connectivity index (χ4v) is 3.92. The number of carbonyl (C=O) groups excluding carboxylic acids is 1. The monoisotopic (exact) mass is 477 g/mol. The number of nitrogens with zero attached hydrogens (tertiary/aromatic N) is 4. The zero-order valence-corrected chi connectivity index (χ0v) is 20.4. The maximum atomic E-state index is 12.7. The highest BCUT2D eigenvalue weighted by Crippen LogP contribution is 2.35. The van der Waals surface area contributed by atoms with Crippen molar-refractivity contribution in [1.82, 2.24) is 20.4 Å². The van der Waals surface area contributed by atoms with Crippen molar-refractivity contribution in [2.75, 3.05) is 44.8 Å². The lowest BCUT2D eigenvalue weighted by Crippen LogP contribution is -2.53. The molecule has 4 rings (SSSR count). The van der Waals surface area contributed by atoms with E-state index in [0.717, 1.165) is 22.5 Å². The van der Waals surface area contributed by atoms with Gasteiger partial charge in [0.2, 0.25) is 0 Å². The van der Waals surface area contributed by atoms with Crippen molar-refractivity contribution in [2.24, 2.45) is 0 Å². The second-order valence-corrected chi connectivity index (χ2v) is 8.42. The first-order valence-corrected chi connectivity index (χ1v) is 11.6. The van der Waals surface area contributed by atoms with E-state index < -0.39 is 0 Å². The van der Waals surface area contributed by atoms with E-state index in [1.54, 1.807) is 31.6 Å². The number of piperazine rings is 1. The molecule has 0 radical (unpaired) electrons. The molecule has 0 bridgehead atoms. The molecule has 1 amide bonds. The van der Waals surface area contributed by atoms with Crippen LogP contribution >= 0.6 is 0 Å². The summed E-state index contributed by atoms with van der Waals surface area (Å²) >= 11 is 0. The number of aromatic nitrogens is 2. The Hall–Kier alpha value is -3.85. The van der Waals surface area contributed by atoms with Gasteiger partial charge in [0.15, 0.2) is 11.5 Å². The number of carbonyl (C=O) groups is 1. The highest BCUT2D eigenvalue weighted by molar-refractivity contribution is 5.94. The van der Waals surface area contributed by atoms with Crippen molar-refractivity contribution >= 4 is 22.6 Å². The molecule has 9 nitrogen and oxygen atoms in total. The van der Waals surface area contributed by atoms with Crippen LogP contribution in [-0.4, -0.2) is 66.9 Å². The fourth-order valence-electron chi connectivity index (χ4n) is 3.92. The Kier molecular flexibility index (Phi) is 7.67. The van der Waals surface area contributed by atoms with Gasteiger partial charge >= 0.3 is 0 Å². The van der Waals surface area contributed by atoms with Crippen LogP contribution in [0.2, 0.25) is 0 Å². The van der Waals surface area contributed by atoms with Crippen molar-refractivity contribution in [3.05, 3.63) is 60.9 Å². The topological polar surface area (TPSA) is 89.1 Å². The molecule has 184 valence electrons. The van der Waals surface area contributed by atoms with Gasteiger partial charge < -0.3 is 19.1 Å². The zero-order chi connectivity index (χ0) is 24.8. The summed E-state index contributed by atoms with van der Waals surface area (Å²) in [6.07, 6.45) is 3.33. The molecule has 1 fully saturated rings. The number of methoxy groups -OCH3 is 1. The van der Waals surface area contributed by atoms with Gasteiger partial charge in [-0.15, -0.1) is 0 Å². The number of rotatable bonds is 9. The minimum atomic E-state index is -0.140. The SMILES string of the molecule is C=CCOc1cc2ncnc(N3CCN(NC(=O)c4ccc(OC(C)C)cc4)CC3)c2cc1OC. The van der Waals surface area contributed by atoms with Crippen LogP contribution in [0.4, 0.5) is 5.82 Å². The van der Waals surface area contributed by atoms with E-state index in [4.69, 9.17) is 14.2 Å². The number of hydrogen-bond donors (Lipinski definition) is 1. The van der Waals surface area contributed by atoms with Crippen LogP contribution in [0.3, 0.4) is 0 Å². The summed E-state index contributed by atoms with van der Waals surface area (Å²) in [5.41, 5.74) is 4.36. The van der Waals surface area contributed by atoms with Gasteiger partial charge in [-0.3, -0.25) is 10.2 Å². The Labute approximate surface area is 205 Å². The van der Waals surface area contributed by atoms with Gasteiger partial charge in [-0.1, -0.05) is 12.7 Å². The molecule has 2 heterocycles. The van der Waals surface area contributed by atoms with Gasteiger partial charge in [0.1, 0.15) is 24.5 Å². The summed E-state index contributed by atoms with van der Waals surface area (Å²) < 4.78 is 16.9. The summed E-state index contributed by atoms with van der Waals surface area (Å²) in [7, 11) is 1.61. The second-order valence-electron chi connectivity index (χ2n) is 8.42. The van der Waals surface area contributed by atoms with Crippen molar-refractivity contribution in [3.8, 4) is 17.2 Å². The minimum absolute atomic E-state index is 0.0895. The van der Waals surface area contributed by atoms with Gasteiger partial charge in [-0.05, 0) is 44.2 Å².